The molecule has 7 nitrogen and oxygen atoms in total. The second-order valence-electron chi connectivity index (χ2n) is 5.75. The number of aromatic nitrogens is 1. The second kappa shape index (κ2) is 7.03. The Morgan fingerprint density at radius 1 is 1.30 bits per heavy atom. The molecule has 1 aromatic carbocycles. The van der Waals surface area contributed by atoms with Gasteiger partial charge in [-0.2, -0.15) is 13.2 Å². The zero-order valence-corrected chi connectivity index (χ0v) is 14.2. The predicted octanol–water partition coefficient (Wildman–Crippen LogP) is 3.57. The highest BCUT2D eigenvalue weighted by Crippen LogP contribution is 2.30. The zero-order chi connectivity index (χ0) is 19.8. The smallest absolute Gasteiger partial charge is 0.417 e. The van der Waals surface area contributed by atoms with Gasteiger partial charge in [-0.1, -0.05) is 11.6 Å². The van der Waals surface area contributed by atoms with Crippen LogP contribution >= 0.6 is 11.6 Å². The van der Waals surface area contributed by atoms with E-state index in [0.29, 0.717) is 6.20 Å². The van der Waals surface area contributed by atoms with Crippen molar-refractivity contribution in [1.82, 2.24) is 9.88 Å². The lowest BCUT2D eigenvalue weighted by atomic mass is 10.1. The maximum absolute atomic E-state index is 12.5. The van der Waals surface area contributed by atoms with Crippen molar-refractivity contribution < 1.29 is 27.6 Å². The number of alkyl halides is 3. The molecule has 1 aromatic heterocycles. The van der Waals surface area contributed by atoms with Gasteiger partial charge in [0.2, 0.25) is 5.88 Å². The molecule has 0 atom stereocenters. The molecule has 2 heterocycles. The van der Waals surface area contributed by atoms with Gasteiger partial charge < -0.3 is 9.64 Å². The maximum Gasteiger partial charge on any atom is 0.417 e. The number of carbonyl (C=O) groups is 1. The molecule has 0 bridgehead atoms. The Labute approximate surface area is 155 Å². The molecule has 3 rings (SSSR count). The molecular weight excluding hydrogens is 391 g/mol. The molecular formula is C16H11ClF3N3O4. The van der Waals surface area contributed by atoms with Crippen LogP contribution in [0.3, 0.4) is 0 Å². The number of nitro benzene ring substituents is 1. The summed E-state index contributed by atoms with van der Waals surface area (Å²) >= 11 is 5.81. The molecule has 0 aliphatic carbocycles. The van der Waals surface area contributed by atoms with Crippen LogP contribution in [-0.2, 0) is 6.18 Å². The van der Waals surface area contributed by atoms with E-state index >= 15 is 0 Å². The highest BCUT2D eigenvalue weighted by molar-refractivity contribution is 6.31. The third kappa shape index (κ3) is 4.11. The van der Waals surface area contributed by atoms with Crippen LogP contribution in [-0.4, -0.2) is 39.9 Å². The largest absolute Gasteiger partial charge is 0.471 e. The standard InChI is InChI=1S/C16H11ClF3N3O4/c17-10-2-3-13(23(25)26)12(5-10)15(24)22-7-11(8-22)27-14-4-1-9(6-21-14)16(18,19)20/h1-6,11H,7-8H2. The number of nitrogens with zero attached hydrogens (tertiary/aromatic N) is 3. The van der Waals surface area contributed by atoms with Gasteiger partial charge in [0.25, 0.3) is 11.6 Å². The van der Waals surface area contributed by atoms with Gasteiger partial charge in [0.1, 0.15) is 11.7 Å². The molecule has 1 aliphatic heterocycles. The summed E-state index contributed by atoms with van der Waals surface area (Å²) in [6.07, 6.45) is -4.31. The van der Waals surface area contributed by atoms with E-state index < -0.39 is 28.7 Å². The van der Waals surface area contributed by atoms with Crippen molar-refractivity contribution in [2.75, 3.05) is 13.1 Å². The van der Waals surface area contributed by atoms with Gasteiger partial charge in [-0.15, -0.1) is 0 Å². The number of hydrogen-bond acceptors (Lipinski definition) is 5. The minimum absolute atomic E-state index is 0.00571. The second-order valence-corrected chi connectivity index (χ2v) is 6.19. The Balaban J connectivity index is 1.62. The number of rotatable bonds is 4. The van der Waals surface area contributed by atoms with Crippen molar-refractivity contribution in [2.45, 2.75) is 12.3 Å². The summed E-state index contributed by atoms with van der Waals surface area (Å²) < 4.78 is 42.9. The van der Waals surface area contributed by atoms with E-state index in [0.717, 1.165) is 18.2 Å². The number of amides is 1. The number of likely N-dealkylation sites (tertiary alicyclic amines) is 1. The number of benzene rings is 1. The first-order valence-corrected chi connectivity index (χ1v) is 7.96. The number of ether oxygens (including phenoxy) is 1. The van der Waals surface area contributed by atoms with Crippen LogP contribution in [0.5, 0.6) is 5.88 Å². The molecule has 142 valence electrons. The van der Waals surface area contributed by atoms with Crippen molar-refractivity contribution >= 4 is 23.2 Å². The van der Waals surface area contributed by atoms with Crippen molar-refractivity contribution in [2.24, 2.45) is 0 Å². The lowest BCUT2D eigenvalue weighted by Gasteiger charge is -2.38. The highest BCUT2D eigenvalue weighted by atomic mass is 35.5. The van der Waals surface area contributed by atoms with Crippen molar-refractivity contribution in [3.8, 4) is 5.88 Å². The molecule has 0 spiro atoms. The van der Waals surface area contributed by atoms with Gasteiger partial charge in [-0.3, -0.25) is 14.9 Å². The quantitative estimate of drug-likeness (QED) is 0.577. The summed E-state index contributed by atoms with van der Waals surface area (Å²) in [5.74, 6) is -0.585. The van der Waals surface area contributed by atoms with Crippen LogP contribution in [0.1, 0.15) is 15.9 Å². The molecule has 27 heavy (non-hydrogen) atoms. The summed E-state index contributed by atoms with van der Waals surface area (Å²) in [7, 11) is 0. The molecule has 1 saturated heterocycles. The molecule has 0 unspecified atom stereocenters. The molecule has 1 amide bonds. The topological polar surface area (TPSA) is 85.6 Å². The summed E-state index contributed by atoms with van der Waals surface area (Å²) in [5.41, 5.74) is -1.40. The van der Waals surface area contributed by atoms with Crippen LogP contribution in [0.15, 0.2) is 36.5 Å². The minimum Gasteiger partial charge on any atom is -0.471 e. The highest BCUT2D eigenvalue weighted by Gasteiger charge is 2.36. The fourth-order valence-electron chi connectivity index (χ4n) is 2.48. The Kier molecular flexibility index (Phi) is 4.92. The number of nitro groups is 1. The van der Waals surface area contributed by atoms with Gasteiger partial charge in [0.15, 0.2) is 0 Å². The van der Waals surface area contributed by atoms with E-state index in [2.05, 4.69) is 4.98 Å². The maximum atomic E-state index is 12.5. The molecule has 0 saturated carbocycles. The molecule has 1 aliphatic rings. The number of halogens is 4. The van der Waals surface area contributed by atoms with E-state index in [9.17, 15) is 28.1 Å². The number of hydrogen-bond donors (Lipinski definition) is 0. The normalized spacial score (nSPS) is 14.6. The first kappa shape index (κ1) is 18.9. The number of carbonyl (C=O) groups excluding carboxylic acids is 1. The average molecular weight is 402 g/mol. The van der Waals surface area contributed by atoms with Crippen LogP contribution in [0.4, 0.5) is 18.9 Å². The Bertz CT molecular complexity index is 883. The van der Waals surface area contributed by atoms with E-state index in [1.54, 1.807) is 0 Å². The zero-order valence-electron chi connectivity index (χ0n) is 13.4. The van der Waals surface area contributed by atoms with Gasteiger partial charge in [-0.05, 0) is 18.2 Å². The van der Waals surface area contributed by atoms with Crippen LogP contribution in [0.25, 0.3) is 0 Å². The summed E-state index contributed by atoms with van der Waals surface area (Å²) in [4.78, 5) is 27.7. The van der Waals surface area contributed by atoms with E-state index in [4.69, 9.17) is 16.3 Å². The van der Waals surface area contributed by atoms with Gasteiger partial charge in [0, 0.05) is 23.4 Å². The third-order valence-electron chi connectivity index (χ3n) is 3.87. The van der Waals surface area contributed by atoms with Gasteiger partial charge >= 0.3 is 6.18 Å². The Morgan fingerprint density at radius 3 is 2.56 bits per heavy atom. The van der Waals surface area contributed by atoms with Gasteiger partial charge in [0.05, 0.1) is 23.6 Å². The van der Waals surface area contributed by atoms with E-state index in [1.165, 1.54) is 17.0 Å². The lowest BCUT2D eigenvalue weighted by Crippen LogP contribution is -2.56. The average Bonchev–Trinajstić information content (AvgIpc) is 2.56. The van der Waals surface area contributed by atoms with E-state index in [1.807, 2.05) is 0 Å². The summed E-state index contributed by atoms with van der Waals surface area (Å²) in [5, 5.41) is 11.2. The SMILES string of the molecule is O=C(c1cc(Cl)ccc1[N+](=O)[O-])N1CC(Oc2ccc(C(F)(F)F)cn2)C1. The van der Waals surface area contributed by atoms with Crippen molar-refractivity contribution in [3.63, 3.8) is 0 Å². The molecule has 1 fully saturated rings. The van der Waals surface area contributed by atoms with Gasteiger partial charge in [-0.25, -0.2) is 4.98 Å². The van der Waals surface area contributed by atoms with Crippen LogP contribution in [0.2, 0.25) is 5.02 Å². The van der Waals surface area contributed by atoms with Crippen molar-refractivity contribution in [3.05, 3.63) is 62.8 Å². The predicted molar refractivity (Wildman–Crippen MR) is 87.7 cm³/mol. The van der Waals surface area contributed by atoms with Crippen LogP contribution < -0.4 is 4.74 Å². The molecule has 2 aromatic rings. The third-order valence-corrected chi connectivity index (χ3v) is 4.11. The Morgan fingerprint density at radius 2 is 2.00 bits per heavy atom. The first-order chi connectivity index (χ1) is 12.6. The Hall–Kier alpha value is -2.88. The fourth-order valence-corrected chi connectivity index (χ4v) is 2.65. The summed E-state index contributed by atoms with van der Waals surface area (Å²) in [6.45, 7) is 0.233. The summed E-state index contributed by atoms with van der Waals surface area (Å²) in [6, 6.07) is 5.62. The lowest BCUT2D eigenvalue weighted by molar-refractivity contribution is -0.385. The first-order valence-electron chi connectivity index (χ1n) is 7.58. The molecule has 0 N–H and O–H groups in total. The molecule has 11 heteroatoms. The molecule has 0 radical (unpaired) electrons. The monoisotopic (exact) mass is 401 g/mol. The fraction of sp³-hybridized carbons (Fsp3) is 0.250. The minimum atomic E-state index is -4.49. The number of pyridine rings is 1. The van der Waals surface area contributed by atoms with E-state index in [-0.39, 0.29) is 35.2 Å². The van der Waals surface area contributed by atoms with Crippen molar-refractivity contribution in [1.29, 1.82) is 0 Å². The van der Waals surface area contributed by atoms with Crippen LogP contribution in [0, 0.1) is 10.1 Å².